The largest absolute Gasteiger partial charge is 0.490 e. The van der Waals surface area contributed by atoms with E-state index in [4.69, 9.17) is 9.47 Å². The van der Waals surface area contributed by atoms with E-state index in [2.05, 4.69) is 4.98 Å². The summed E-state index contributed by atoms with van der Waals surface area (Å²) in [6.07, 6.45) is 1.60. The predicted octanol–water partition coefficient (Wildman–Crippen LogP) is 2.74. The molecule has 19 heavy (non-hydrogen) atoms. The predicted molar refractivity (Wildman–Crippen MR) is 71.7 cm³/mol. The van der Waals surface area contributed by atoms with Crippen LogP contribution in [0.25, 0.3) is 0 Å². The number of aromatic nitrogens is 1. The molecule has 4 nitrogen and oxygen atoms in total. The van der Waals surface area contributed by atoms with Crippen LogP contribution in [0.1, 0.15) is 17.3 Å². The number of carbonyl (C=O) groups is 1. The fourth-order valence-electron chi connectivity index (χ4n) is 1.59. The van der Waals surface area contributed by atoms with Crippen LogP contribution in [0.3, 0.4) is 0 Å². The quantitative estimate of drug-likeness (QED) is 0.589. The number of hydrogen-bond donors (Lipinski definition) is 0. The van der Waals surface area contributed by atoms with Crippen LogP contribution >= 0.6 is 0 Å². The Morgan fingerprint density at radius 1 is 1.05 bits per heavy atom. The summed E-state index contributed by atoms with van der Waals surface area (Å²) in [5.41, 5.74) is 0.488. The number of hydrogen-bond acceptors (Lipinski definition) is 4. The maximum absolute atomic E-state index is 11.4. The zero-order valence-corrected chi connectivity index (χ0v) is 10.7. The third kappa shape index (κ3) is 3.81. The topological polar surface area (TPSA) is 48.4 Å². The molecule has 1 aromatic heterocycles. The number of pyridine rings is 1. The third-order valence-corrected chi connectivity index (χ3v) is 2.48. The molecule has 0 aliphatic heterocycles. The van der Waals surface area contributed by atoms with Crippen molar-refractivity contribution in [3.05, 3.63) is 54.2 Å². The highest BCUT2D eigenvalue weighted by atomic mass is 16.5. The van der Waals surface area contributed by atoms with Crippen LogP contribution in [0.2, 0.25) is 0 Å². The fourth-order valence-corrected chi connectivity index (χ4v) is 1.59. The van der Waals surface area contributed by atoms with Gasteiger partial charge in [0.2, 0.25) is 5.88 Å². The Kier molecular flexibility index (Phi) is 4.50. The van der Waals surface area contributed by atoms with Crippen LogP contribution in [0.5, 0.6) is 11.6 Å². The Hall–Kier alpha value is -2.36. The summed E-state index contributed by atoms with van der Waals surface area (Å²) >= 11 is 0. The van der Waals surface area contributed by atoms with Gasteiger partial charge in [-0.3, -0.25) is 4.79 Å². The Bertz CT molecular complexity index is 540. The van der Waals surface area contributed by atoms with Crippen LogP contribution in [-0.4, -0.2) is 24.0 Å². The Labute approximate surface area is 112 Å². The van der Waals surface area contributed by atoms with Crippen molar-refractivity contribution in [3.63, 3.8) is 0 Å². The zero-order chi connectivity index (χ0) is 13.5. The smallest absolute Gasteiger partial charge is 0.224 e. The zero-order valence-electron chi connectivity index (χ0n) is 10.7. The standard InChI is InChI=1S/C15H15NO3/c1-12(17)14-8-5-9-16-15(14)19-11-10-18-13-6-3-2-4-7-13/h2-9H,10-11H2,1H3. The second-order valence-corrected chi connectivity index (χ2v) is 3.92. The van der Waals surface area contributed by atoms with Gasteiger partial charge in [0.1, 0.15) is 19.0 Å². The summed E-state index contributed by atoms with van der Waals surface area (Å²) in [6, 6.07) is 12.9. The van der Waals surface area contributed by atoms with Gasteiger partial charge >= 0.3 is 0 Å². The number of Topliss-reactive ketones (excluding diaryl/α,β-unsaturated/α-hetero) is 1. The van der Waals surface area contributed by atoms with Gasteiger partial charge in [0.05, 0.1) is 5.56 Å². The summed E-state index contributed by atoms with van der Waals surface area (Å²) < 4.78 is 11.0. The van der Waals surface area contributed by atoms with Crippen molar-refractivity contribution in [3.8, 4) is 11.6 Å². The van der Waals surface area contributed by atoms with Gasteiger partial charge in [-0.05, 0) is 31.2 Å². The number of benzene rings is 1. The molecule has 0 amide bonds. The maximum Gasteiger partial charge on any atom is 0.224 e. The molecule has 0 bridgehead atoms. The molecule has 0 aliphatic carbocycles. The van der Waals surface area contributed by atoms with Crippen molar-refractivity contribution in [2.75, 3.05) is 13.2 Å². The lowest BCUT2D eigenvalue weighted by Crippen LogP contribution is -2.11. The van der Waals surface area contributed by atoms with Crippen molar-refractivity contribution < 1.29 is 14.3 Å². The fraction of sp³-hybridized carbons (Fsp3) is 0.200. The van der Waals surface area contributed by atoms with Crippen LogP contribution < -0.4 is 9.47 Å². The average Bonchev–Trinajstić information content (AvgIpc) is 2.45. The monoisotopic (exact) mass is 257 g/mol. The van der Waals surface area contributed by atoms with Gasteiger partial charge in [-0.2, -0.15) is 0 Å². The van der Waals surface area contributed by atoms with Crippen molar-refractivity contribution in [1.29, 1.82) is 0 Å². The second-order valence-electron chi connectivity index (χ2n) is 3.92. The summed E-state index contributed by atoms with van der Waals surface area (Å²) in [7, 11) is 0. The van der Waals surface area contributed by atoms with E-state index in [1.54, 1.807) is 18.3 Å². The molecule has 2 aromatic rings. The van der Waals surface area contributed by atoms with Gasteiger partial charge in [-0.25, -0.2) is 4.98 Å². The van der Waals surface area contributed by atoms with Gasteiger partial charge in [0, 0.05) is 6.20 Å². The first-order valence-corrected chi connectivity index (χ1v) is 6.04. The average molecular weight is 257 g/mol. The third-order valence-electron chi connectivity index (χ3n) is 2.48. The molecule has 0 fully saturated rings. The molecule has 0 saturated carbocycles. The van der Waals surface area contributed by atoms with E-state index in [0.29, 0.717) is 24.7 Å². The Morgan fingerprint density at radius 3 is 2.53 bits per heavy atom. The number of para-hydroxylation sites is 1. The molecule has 2 rings (SSSR count). The Morgan fingerprint density at radius 2 is 1.79 bits per heavy atom. The van der Waals surface area contributed by atoms with E-state index >= 15 is 0 Å². The number of nitrogens with zero attached hydrogens (tertiary/aromatic N) is 1. The lowest BCUT2D eigenvalue weighted by molar-refractivity contribution is 0.101. The van der Waals surface area contributed by atoms with Crippen LogP contribution in [0, 0.1) is 0 Å². The molecule has 1 heterocycles. The molecule has 0 N–H and O–H groups in total. The molecule has 0 aliphatic rings. The summed E-state index contributed by atoms with van der Waals surface area (Å²) in [5.74, 6) is 1.08. The summed E-state index contributed by atoms with van der Waals surface area (Å²) in [4.78, 5) is 15.4. The van der Waals surface area contributed by atoms with Crippen LogP contribution in [0.4, 0.5) is 0 Å². The van der Waals surface area contributed by atoms with E-state index in [0.717, 1.165) is 5.75 Å². The van der Waals surface area contributed by atoms with Crippen LogP contribution in [-0.2, 0) is 0 Å². The number of ketones is 1. The molecule has 0 unspecified atom stereocenters. The second kappa shape index (κ2) is 6.54. The van der Waals surface area contributed by atoms with Crippen molar-refractivity contribution >= 4 is 5.78 Å². The molecule has 0 saturated heterocycles. The highest BCUT2D eigenvalue weighted by Crippen LogP contribution is 2.14. The van der Waals surface area contributed by atoms with Gasteiger partial charge in [-0.15, -0.1) is 0 Å². The first-order valence-electron chi connectivity index (χ1n) is 6.04. The molecule has 1 aromatic carbocycles. The highest BCUT2D eigenvalue weighted by molar-refractivity contribution is 5.96. The lowest BCUT2D eigenvalue weighted by atomic mass is 10.2. The van der Waals surface area contributed by atoms with Crippen molar-refractivity contribution in [2.45, 2.75) is 6.92 Å². The first kappa shape index (κ1) is 13.1. The first-order chi connectivity index (χ1) is 9.27. The number of ether oxygens (including phenoxy) is 2. The molecule has 0 spiro atoms. The van der Waals surface area contributed by atoms with Crippen molar-refractivity contribution in [1.82, 2.24) is 4.98 Å². The summed E-state index contributed by atoms with van der Waals surface area (Å²) in [6.45, 7) is 2.23. The summed E-state index contributed by atoms with van der Waals surface area (Å²) in [5, 5.41) is 0. The molecular formula is C15H15NO3. The van der Waals surface area contributed by atoms with E-state index in [-0.39, 0.29) is 5.78 Å². The van der Waals surface area contributed by atoms with E-state index in [1.165, 1.54) is 6.92 Å². The minimum Gasteiger partial charge on any atom is -0.490 e. The Balaban J connectivity index is 1.85. The molecular weight excluding hydrogens is 242 g/mol. The maximum atomic E-state index is 11.4. The molecule has 0 radical (unpaired) electrons. The minimum absolute atomic E-state index is 0.0629. The minimum atomic E-state index is -0.0629. The molecule has 0 atom stereocenters. The SMILES string of the molecule is CC(=O)c1cccnc1OCCOc1ccccc1. The van der Waals surface area contributed by atoms with E-state index in [1.807, 2.05) is 30.3 Å². The van der Waals surface area contributed by atoms with Gasteiger partial charge in [0.25, 0.3) is 0 Å². The lowest BCUT2D eigenvalue weighted by Gasteiger charge is -2.09. The van der Waals surface area contributed by atoms with E-state index in [9.17, 15) is 4.79 Å². The number of rotatable bonds is 6. The van der Waals surface area contributed by atoms with Crippen molar-refractivity contribution in [2.24, 2.45) is 0 Å². The van der Waals surface area contributed by atoms with Gasteiger partial charge < -0.3 is 9.47 Å². The molecule has 98 valence electrons. The molecule has 4 heteroatoms. The number of carbonyl (C=O) groups excluding carboxylic acids is 1. The highest BCUT2D eigenvalue weighted by Gasteiger charge is 2.08. The normalized spacial score (nSPS) is 9.95. The van der Waals surface area contributed by atoms with E-state index < -0.39 is 0 Å². The van der Waals surface area contributed by atoms with Crippen LogP contribution in [0.15, 0.2) is 48.7 Å². The van der Waals surface area contributed by atoms with Gasteiger partial charge in [0.15, 0.2) is 5.78 Å². The van der Waals surface area contributed by atoms with Gasteiger partial charge in [-0.1, -0.05) is 18.2 Å².